The SMILES string of the molecule is CCn1nc(C(=O)OCC(=O)c2cc(C)n(CCCOC)c2C)c2ccccc2c1=O. The van der Waals surface area contributed by atoms with Gasteiger partial charge < -0.3 is 14.0 Å². The number of ether oxygens (including phenoxy) is 2. The Bertz CT molecular complexity index is 1180. The van der Waals surface area contributed by atoms with Crippen molar-refractivity contribution in [3.63, 3.8) is 0 Å². The highest BCUT2D eigenvalue weighted by molar-refractivity contribution is 6.04. The molecule has 0 unspecified atom stereocenters. The Balaban J connectivity index is 1.79. The van der Waals surface area contributed by atoms with Crippen molar-refractivity contribution in [3.8, 4) is 0 Å². The first kappa shape index (κ1) is 22.4. The Kier molecular flexibility index (Phi) is 7.02. The summed E-state index contributed by atoms with van der Waals surface area (Å²) < 4.78 is 13.7. The molecule has 0 saturated heterocycles. The highest BCUT2D eigenvalue weighted by Crippen LogP contribution is 2.18. The van der Waals surface area contributed by atoms with Crippen molar-refractivity contribution in [2.24, 2.45) is 0 Å². The van der Waals surface area contributed by atoms with Gasteiger partial charge in [-0.3, -0.25) is 9.59 Å². The van der Waals surface area contributed by atoms with Gasteiger partial charge in [-0.2, -0.15) is 5.10 Å². The van der Waals surface area contributed by atoms with E-state index in [-0.39, 0.29) is 17.0 Å². The molecular formula is C23H27N3O5. The zero-order valence-electron chi connectivity index (χ0n) is 18.3. The van der Waals surface area contributed by atoms with Crippen LogP contribution < -0.4 is 5.56 Å². The van der Waals surface area contributed by atoms with Crippen LogP contribution in [0.5, 0.6) is 0 Å². The van der Waals surface area contributed by atoms with Crippen LogP contribution in [0.2, 0.25) is 0 Å². The number of carbonyl (C=O) groups excluding carboxylic acids is 2. The summed E-state index contributed by atoms with van der Waals surface area (Å²) in [7, 11) is 1.66. The first-order valence-electron chi connectivity index (χ1n) is 10.2. The Hall–Kier alpha value is -3.26. The first-order chi connectivity index (χ1) is 14.9. The summed E-state index contributed by atoms with van der Waals surface area (Å²) in [6.45, 7) is 6.88. The topological polar surface area (TPSA) is 92.4 Å². The molecule has 1 aromatic carbocycles. The van der Waals surface area contributed by atoms with Crippen LogP contribution in [0, 0.1) is 13.8 Å². The highest BCUT2D eigenvalue weighted by atomic mass is 16.5. The van der Waals surface area contributed by atoms with E-state index in [0.29, 0.717) is 29.5 Å². The molecular weight excluding hydrogens is 398 g/mol. The molecule has 3 rings (SSSR count). The predicted octanol–water partition coefficient (Wildman–Crippen LogP) is 2.91. The van der Waals surface area contributed by atoms with Crippen LogP contribution in [-0.4, -0.2) is 46.4 Å². The molecule has 31 heavy (non-hydrogen) atoms. The number of hydrogen-bond acceptors (Lipinski definition) is 6. The maximum absolute atomic E-state index is 12.7. The van der Waals surface area contributed by atoms with Crippen molar-refractivity contribution in [3.05, 3.63) is 63.3 Å². The molecule has 2 heterocycles. The third kappa shape index (κ3) is 4.59. The number of fused-ring (bicyclic) bond motifs is 1. The Morgan fingerprint density at radius 3 is 2.52 bits per heavy atom. The number of aromatic nitrogens is 3. The van der Waals surface area contributed by atoms with Crippen LogP contribution >= 0.6 is 0 Å². The molecule has 3 aromatic rings. The van der Waals surface area contributed by atoms with Gasteiger partial charge in [0.15, 0.2) is 12.3 Å². The number of rotatable bonds is 9. The normalized spacial score (nSPS) is 11.1. The maximum atomic E-state index is 12.7. The van der Waals surface area contributed by atoms with E-state index in [1.165, 1.54) is 4.68 Å². The molecule has 2 aromatic heterocycles. The highest BCUT2D eigenvalue weighted by Gasteiger charge is 2.21. The van der Waals surface area contributed by atoms with Gasteiger partial charge in [0.1, 0.15) is 0 Å². The van der Waals surface area contributed by atoms with Gasteiger partial charge in [0.05, 0.1) is 5.39 Å². The first-order valence-corrected chi connectivity index (χ1v) is 10.2. The van der Waals surface area contributed by atoms with E-state index in [4.69, 9.17) is 9.47 Å². The number of aryl methyl sites for hydroxylation is 2. The lowest BCUT2D eigenvalue weighted by atomic mass is 10.1. The van der Waals surface area contributed by atoms with E-state index in [1.807, 2.05) is 19.9 Å². The molecule has 8 heteroatoms. The summed E-state index contributed by atoms with van der Waals surface area (Å²) in [6, 6.07) is 8.55. The van der Waals surface area contributed by atoms with Gasteiger partial charge in [-0.1, -0.05) is 18.2 Å². The van der Waals surface area contributed by atoms with Crippen molar-refractivity contribution in [2.45, 2.75) is 40.3 Å². The van der Waals surface area contributed by atoms with E-state index >= 15 is 0 Å². The number of hydrogen-bond donors (Lipinski definition) is 0. The van der Waals surface area contributed by atoms with Crippen LogP contribution in [0.25, 0.3) is 10.8 Å². The molecule has 0 N–H and O–H groups in total. The third-order valence-electron chi connectivity index (χ3n) is 5.30. The van der Waals surface area contributed by atoms with Crippen molar-refractivity contribution >= 4 is 22.5 Å². The number of benzene rings is 1. The Labute approximate surface area is 180 Å². The van der Waals surface area contributed by atoms with Crippen LogP contribution in [0.1, 0.15) is 45.6 Å². The lowest BCUT2D eigenvalue weighted by molar-refractivity contribution is 0.0468. The van der Waals surface area contributed by atoms with Crippen molar-refractivity contribution in [2.75, 3.05) is 20.3 Å². The molecule has 0 aliphatic carbocycles. The molecule has 0 saturated carbocycles. The lowest BCUT2D eigenvalue weighted by Crippen LogP contribution is -2.26. The quantitative estimate of drug-likeness (QED) is 0.297. The van der Waals surface area contributed by atoms with Gasteiger partial charge in [-0.25, -0.2) is 9.48 Å². The van der Waals surface area contributed by atoms with Gasteiger partial charge in [-0.05, 0) is 39.3 Å². The van der Waals surface area contributed by atoms with Crippen LogP contribution in [0.4, 0.5) is 0 Å². The van der Waals surface area contributed by atoms with E-state index in [1.54, 1.807) is 38.3 Å². The minimum absolute atomic E-state index is 0.0230. The third-order valence-corrected chi connectivity index (χ3v) is 5.30. The molecule has 0 radical (unpaired) electrons. The van der Waals surface area contributed by atoms with Gasteiger partial charge in [0.2, 0.25) is 5.78 Å². The molecule has 0 amide bonds. The largest absolute Gasteiger partial charge is 0.452 e. The zero-order chi connectivity index (χ0) is 22.5. The van der Waals surface area contributed by atoms with Crippen LogP contribution in [0.15, 0.2) is 35.1 Å². The second-order valence-corrected chi connectivity index (χ2v) is 7.30. The van der Waals surface area contributed by atoms with Crippen LogP contribution in [0.3, 0.4) is 0 Å². The molecule has 0 aliphatic rings. The number of Topliss-reactive ketones (excluding diaryl/α,β-unsaturated/α-hetero) is 1. The average Bonchev–Trinajstić information content (AvgIpc) is 3.06. The number of nitrogens with zero attached hydrogens (tertiary/aromatic N) is 3. The van der Waals surface area contributed by atoms with Crippen molar-refractivity contribution in [1.82, 2.24) is 14.3 Å². The zero-order valence-corrected chi connectivity index (χ0v) is 18.3. The fraction of sp³-hybridized carbons (Fsp3) is 0.391. The lowest BCUT2D eigenvalue weighted by Gasteiger charge is -2.10. The number of esters is 1. The monoisotopic (exact) mass is 425 g/mol. The van der Waals surface area contributed by atoms with Crippen molar-refractivity contribution in [1.29, 1.82) is 0 Å². The van der Waals surface area contributed by atoms with E-state index in [2.05, 4.69) is 9.67 Å². The molecule has 0 bridgehead atoms. The van der Waals surface area contributed by atoms with Crippen LogP contribution in [-0.2, 0) is 22.6 Å². The fourth-order valence-corrected chi connectivity index (χ4v) is 3.67. The minimum Gasteiger partial charge on any atom is -0.452 e. The van der Waals surface area contributed by atoms with Gasteiger partial charge in [0.25, 0.3) is 5.56 Å². The number of carbonyl (C=O) groups is 2. The summed E-state index contributed by atoms with van der Waals surface area (Å²) in [5.74, 6) is -1.02. The number of ketones is 1. The van der Waals surface area contributed by atoms with E-state index in [0.717, 1.165) is 24.4 Å². The van der Waals surface area contributed by atoms with Crippen molar-refractivity contribution < 1.29 is 19.1 Å². The second kappa shape index (κ2) is 9.70. The predicted molar refractivity (Wildman–Crippen MR) is 117 cm³/mol. The molecule has 8 nitrogen and oxygen atoms in total. The van der Waals surface area contributed by atoms with Gasteiger partial charge in [0, 0.05) is 49.1 Å². The van der Waals surface area contributed by atoms with Gasteiger partial charge in [-0.15, -0.1) is 0 Å². The fourth-order valence-electron chi connectivity index (χ4n) is 3.67. The molecule has 0 fully saturated rings. The molecule has 0 aliphatic heterocycles. The molecule has 0 atom stereocenters. The number of methoxy groups -OCH3 is 1. The average molecular weight is 425 g/mol. The minimum atomic E-state index is -0.736. The summed E-state index contributed by atoms with van der Waals surface area (Å²) in [5, 5.41) is 4.94. The van der Waals surface area contributed by atoms with Gasteiger partial charge >= 0.3 is 5.97 Å². The maximum Gasteiger partial charge on any atom is 0.359 e. The smallest absolute Gasteiger partial charge is 0.359 e. The summed E-state index contributed by atoms with van der Waals surface area (Å²) in [5.41, 5.74) is 2.07. The van der Waals surface area contributed by atoms with E-state index < -0.39 is 12.6 Å². The Morgan fingerprint density at radius 1 is 1.13 bits per heavy atom. The summed E-state index contributed by atoms with van der Waals surface area (Å²) in [6.07, 6.45) is 0.835. The Morgan fingerprint density at radius 2 is 1.84 bits per heavy atom. The molecule has 164 valence electrons. The summed E-state index contributed by atoms with van der Waals surface area (Å²) in [4.78, 5) is 37.9. The summed E-state index contributed by atoms with van der Waals surface area (Å²) >= 11 is 0. The van der Waals surface area contributed by atoms with E-state index in [9.17, 15) is 14.4 Å². The second-order valence-electron chi connectivity index (χ2n) is 7.30. The standard InChI is InChI=1S/C23H27N3O5/c1-5-26-22(28)18-10-7-6-9-17(18)21(24-26)23(29)31-14-20(27)19-13-15(2)25(16(19)3)11-8-12-30-4/h6-7,9-10,13H,5,8,11-12,14H2,1-4H3. The molecule has 0 spiro atoms.